The molecule has 0 amide bonds. The van der Waals surface area contributed by atoms with Crippen LogP contribution in [-0.4, -0.2) is 71.6 Å². The summed E-state index contributed by atoms with van der Waals surface area (Å²) in [5.41, 5.74) is 0. The van der Waals surface area contributed by atoms with E-state index in [1.165, 1.54) is 24.3 Å². The fourth-order valence-electron chi connectivity index (χ4n) is 1.57. The van der Waals surface area contributed by atoms with Crippen molar-refractivity contribution in [3.8, 4) is 0 Å². The molecule has 120 valence electrons. The summed E-state index contributed by atoms with van der Waals surface area (Å²) >= 11 is 0. The molecule has 4 atom stereocenters. The van der Waals surface area contributed by atoms with Gasteiger partial charge in [0, 0.05) is 0 Å². The molecule has 0 saturated heterocycles. The van der Waals surface area contributed by atoms with Crippen molar-refractivity contribution in [2.24, 2.45) is 0 Å². The second kappa shape index (κ2) is 7.80. The van der Waals surface area contributed by atoms with Crippen molar-refractivity contribution >= 4 is 10.1 Å². The smallest absolute Gasteiger partial charge is 0.297 e. The van der Waals surface area contributed by atoms with Crippen LogP contribution < -0.4 is 0 Å². The number of rotatable bonds is 8. The Bertz CT molecular complexity index is 517. The Kier molecular flexibility index (Phi) is 6.68. The van der Waals surface area contributed by atoms with E-state index in [-0.39, 0.29) is 4.90 Å². The highest BCUT2D eigenvalue weighted by Crippen LogP contribution is 2.18. The van der Waals surface area contributed by atoms with Crippen LogP contribution in [0.3, 0.4) is 0 Å². The van der Waals surface area contributed by atoms with Gasteiger partial charge in [-0.25, -0.2) is 0 Å². The van der Waals surface area contributed by atoms with Crippen molar-refractivity contribution < 1.29 is 38.1 Å². The fraction of sp³-hybridized carbons (Fsp3) is 0.500. The van der Waals surface area contributed by atoms with Crippen LogP contribution in [0.5, 0.6) is 0 Å². The third-order valence-corrected chi connectivity index (χ3v) is 4.08. The summed E-state index contributed by atoms with van der Waals surface area (Å²) in [6, 6.07) is 6.97. The van der Waals surface area contributed by atoms with Crippen LogP contribution in [0.2, 0.25) is 0 Å². The summed E-state index contributed by atoms with van der Waals surface area (Å²) in [6.45, 7) is -1.77. The molecule has 1 rings (SSSR count). The maximum Gasteiger partial charge on any atom is 0.297 e. The zero-order valence-electron chi connectivity index (χ0n) is 11.0. The molecule has 0 heterocycles. The van der Waals surface area contributed by atoms with Gasteiger partial charge in [-0.2, -0.15) is 8.42 Å². The second-order valence-corrected chi connectivity index (χ2v) is 5.89. The summed E-state index contributed by atoms with van der Waals surface area (Å²) in [6.07, 6.45) is -7.24. The molecule has 0 saturated carbocycles. The first-order chi connectivity index (χ1) is 9.83. The van der Waals surface area contributed by atoms with Gasteiger partial charge in [0.25, 0.3) is 10.1 Å². The molecular weight excluding hydrogens is 304 g/mol. The normalized spacial score (nSPS) is 18.0. The van der Waals surface area contributed by atoms with Gasteiger partial charge in [0.15, 0.2) is 0 Å². The van der Waals surface area contributed by atoms with Crippen molar-refractivity contribution in [2.75, 3.05) is 13.2 Å². The van der Waals surface area contributed by atoms with E-state index in [0.29, 0.717) is 0 Å². The van der Waals surface area contributed by atoms with Crippen molar-refractivity contribution in [3.63, 3.8) is 0 Å². The largest absolute Gasteiger partial charge is 0.394 e. The molecule has 0 fully saturated rings. The van der Waals surface area contributed by atoms with E-state index in [9.17, 15) is 23.7 Å². The lowest BCUT2D eigenvalue weighted by molar-refractivity contribution is -0.111. The minimum absolute atomic E-state index is 0.217. The maximum atomic E-state index is 12.0. The van der Waals surface area contributed by atoms with Crippen LogP contribution in [-0.2, 0) is 14.3 Å². The SMILES string of the molecule is O=S(=O)(O[C@@H]([C@H](O)[C@H](O)CO)[C@H](O)CO)c1ccccc1. The molecule has 0 spiro atoms. The molecule has 0 aromatic heterocycles. The number of hydrogen-bond acceptors (Lipinski definition) is 8. The van der Waals surface area contributed by atoms with E-state index >= 15 is 0 Å². The zero-order valence-corrected chi connectivity index (χ0v) is 11.8. The van der Waals surface area contributed by atoms with Crippen LogP contribution in [0, 0.1) is 0 Å². The van der Waals surface area contributed by atoms with Crippen LogP contribution in [0.4, 0.5) is 0 Å². The molecule has 0 aliphatic carbocycles. The summed E-state index contributed by atoms with van der Waals surface area (Å²) in [7, 11) is -4.33. The summed E-state index contributed by atoms with van der Waals surface area (Å²) < 4.78 is 28.7. The van der Waals surface area contributed by atoms with Crippen molar-refractivity contribution in [2.45, 2.75) is 29.3 Å². The Morgan fingerprint density at radius 1 is 0.952 bits per heavy atom. The number of aliphatic hydroxyl groups is 5. The van der Waals surface area contributed by atoms with Gasteiger partial charge >= 0.3 is 0 Å². The Morgan fingerprint density at radius 3 is 1.95 bits per heavy atom. The van der Waals surface area contributed by atoms with Gasteiger partial charge in [-0.3, -0.25) is 4.18 Å². The number of hydrogen-bond donors (Lipinski definition) is 5. The van der Waals surface area contributed by atoms with Gasteiger partial charge in [-0.15, -0.1) is 0 Å². The van der Waals surface area contributed by atoms with Crippen molar-refractivity contribution in [1.29, 1.82) is 0 Å². The van der Waals surface area contributed by atoms with Crippen LogP contribution in [0.15, 0.2) is 35.2 Å². The third kappa shape index (κ3) is 4.71. The van der Waals surface area contributed by atoms with Crippen molar-refractivity contribution in [3.05, 3.63) is 30.3 Å². The van der Waals surface area contributed by atoms with E-state index in [4.69, 9.17) is 14.4 Å². The Morgan fingerprint density at radius 2 is 1.48 bits per heavy atom. The number of aliphatic hydroxyl groups excluding tert-OH is 5. The highest BCUT2D eigenvalue weighted by Gasteiger charge is 2.36. The standard InChI is InChI=1S/C12H18O8S/c13-6-9(15)11(17)12(10(16)7-14)20-21(18,19)8-4-2-1-3-5-8/h1-5,9-17H,6-7H2/t9-,10-,11-,12-/m1/s1. The van der Waals surface area contributed by atoms with Gasteiger partial charge in [0.05, 0.1) is 18.1 Å². The average Bonchev–Trinajstić information content (AvgIpc) is 2.51. The summed E-state index contributed by atoms with van der Waals surface area (Å²) in [4.78, 5) is -0.217. The monoisotopic (exact) mass is 322 g/mol. The molecule has 0 bridgehead atoms. The van der Waals surface area contributed by atoms with E-state index in [0.717, 1.165) is 0 Å². The van der Waals surface area contributed by atoms with E-state index in [2.05, 4.69) is 0 Å². The molecule has 5 N–H and O–H groups in total. The lowest BCUT2D eigenvalue weighted by Gasteiger charge is -2.28. The molecule has 0 aliphatic rings. The van der Waals surface area contributed by atoms with E-state index < -0.39 is 47.7 Å². The lowest BCUT2D eigenvalue weighted by Crippen LogP contribution is -2.49. The van der Waals surface area contributed by atoms with Gasteiger partial charge in [-0.05, 0) is 12.1 Å². The Labute approximate surface area is 122 Å². The molecule has 1 aromatic rings. The summed E-state index contributed by atoms with van der Waals surface area (Å²) in [5, 5.41) is 46.3. The molecule has 0 aliphatic heterocycles. The topological polar surface area (TPSA) is 145 Å². The van der Waals surface area contributed by atoms with Crippen LogP contribution in [0.25, 0.3) is 0 Å². The van der Waals surface area contributed by atoms with E-state index in [1.807, 2.05) is 0 Å². The first-order valence-corrected chi connectivity index (χ1v) is 7.48. The number of benzene rings is 1. The second-order valence-electron chi connectivity index (χ2n) is 4.32. The van der Waals surface area contributed by atoms with Crippen LogP contribution >= 0.6 is 0 Å². The van der Waals surface area contributed by atoms with Gasteiger partial charge in [-0.1, -0.05) is 18.2 Å². The molecule has 1 aromatic carbocycles. The van der Waals surface area contributed by atoms with Gasteiger partial charge in [0.1, 0.15) is 24.4 Å². The molecule has 0 unspecified atom stereocenters. The van der Waals surface area contributed by atoms with Crippen molar-refractivity contribution in [1.82, 2.24) is 0 Å². The third-order valence-electron chi connectivity index (χ3n) is 2.75. The minimum atomic E-state index is -4.33. The quantitative estimate of drug-likeness (QED) is 0.340. The Hall–Kier alpha value is -1.07. The summed E-state index contributed by atoms with van der Waals surface area (Å²) in [5.74, 6) is 0. The minimum Gasteiger partial charge on any atom is -0.394 e. The molecule has 9 heteroatoms. The Balaban J connectivity index is 3.01. The fourth-order valence-corrected chi connectivity index (χ4v) is 2.70. The highest BCUT2D eigenvalue weighted by atomic mass is 32.2. The molecule has 21 heavy (non-hydrogen) atoms. The molecular formula is C12H18O8S. The van der Waals surface area contributed by atoms with Gasteiger partial charge < -0.3 is 25.5 Å². The van der Waals surface area contributed by atoms with Gasteiger partial charge in [0.2, 0.25) is 0 Å². The lowest BCUT2D eigenvalue weighted by atomic mass is 10.0. The molecule has 8 nitrogen and oxygen atoms in total. The predicted molar refractivity (Wildman–Crippen MR) is 70.7 cm³/mol. The zero-order chi connectivity index (χ0) is 16.0. The van der Waals surface area contributed by atoms with E-state index in [1.54, 1.807) is 6.07 Å². The predicted octanol–water partition coefficient (Wildman–Crippen LogP) is -2.17. The first kappa shape index (κ1) is 18.0. The average molecular weight is 322 g/mol. The maximum absolute atomic E-state index is 12.0. The highest BCUT2D eigenvalue weighted by molar-refractivity contribution is 7.86. The van der Waals surface area contributed by atoms with Crippen LogP contribution in [0.1, 0.15) is 0 Å². The molecule has 0 radical (unpaired) electrons. The first-order valence-electron chi connectivity index (χ1n) is 6.07.